The maximum atomic E-state index is 12.1. The van der Waals surface area contributed by atoms with Crippen LogP contribution in [0.5, 0.6) is 0 Å². The molecule has 2 amide bonds. The summed E-state index contributed by atoms with van der Waals surface area (Å²) >= 11 is 0. The first-order chi connectivity index (χ1) is 10.5. The van der Waals surface area contributed by atoms with E-state index in [2.05, 4.69) is 10.6 Å². The van der Waals surface area contributed by atoms with Crippen LogP contribution in [-0.2, 0) is 16.1 Å². The van der Waals surface area contributed by atoms with Crippen molar-refractivity contribution in [3.8, 4) is 0 Å². The second kappa shape index (κ2) is 8.83. The number of pyridine rings is 1. The number of aromatic nitrogens is 1. The Morgan fingerprint density at radius 3 is 2.82 bits per heavy atom. The number of rotatable bonds is 7. The highest BCUT2D eigenvalue weighted by molar-refractivity contribution is 5.88. The normalized spacial score (nSPS) is 11.6. The minimum absolute atomic E-state index is 0.0437. The second-order valence-corrected chi connectivity index (χ2v) is 4.78. The molecule has 1 aromatic heterocycles. The smallest absolute Gasteiger partial charge is 0.326 e. The molecule has 0 spiro atoms. The Kier molecular flexibility index (Phi) is 7.11. The Morgan fingerprint density at radius 1 is 1.45 bits per heavy atom. The summed E-state index contributed by atoms with van der Waals surface area (Å²) in [6.07, 6.45) is 1.44. The number of ether oxygens (including phenoxy) is 1. The zero-order valence-electron chi connectivity index (χ0n) is 12.7. The Labute approximate surface area is 128 Å². The number of nitrogens with one attached hydrogen (secondary N) is 2. The van der Waals surface area contributed by atoms with Crippen molar-refractivity contribution in [1.29, 1.82) is 0 Å². The van der Waals surface area contributed by atoms with Crippen molar-refractivity contribution in [2.45, 2.75) is 20.4 Å². The van der Waals surface area contributed by atoms with Crippen LogP contribution < -0.4 is 16.2 Å². The molecular formula is C14H21N3O5. The van der Waals surface area contributed by atoms with Crippen LogP contribution in [0, 0.1) is 5.92 Å². The van der Waals surface area contributed by atoms with Gasteiger partial charge < -0.3 is 25.0 Å². The van der Waals surface area contributed by atoms with Gasteiger partial charge in [-0.25, -0.2) is 4.79 Å². The van der Waals surface area contributed by atoms with E-state index in [9.17, 15) is 14.4 Å². The van der Waals surface area contributed by atoms with E-state index < -0.39 is 17.6 Å². The van der Waals surface area contributed by atoms with Crippen molar-refractivity contribution in [2.24, 2.45) is 5.92 Å². The molecule has 0 saturated heterocycles. The molecule has 0 aliphatic rings. The molecule has 1 heterocycles. The monoisotopic (exact) mass is 311 g/mol. The molecule has 22 heavy (non-hydrogen) atoms. The fourth-order valence-corrected chi connectivity index (χ4v) is 1.60. The number of amides is 2. The predicted molar refractivity (Wildman–Crippen MR) is 80.6 cm³/mol. The van der Waals surface area contributed by atoms with Gasteiger partial charge in [-0.3, -0.25) is 9.59 Å². The van der Waals surface area contributed by atoms with Crippen molar-refractivity contribution in [2.75, 3.05) is 25.1 Å². The van der Waals surface area contributed by atoms with E-state index in [0.29, 0.717) is 0 Å². The van der Waals surface area contributed by atoms with E-state index in [0.717, 1.165) is 4.57 Å². The average molecular weight is 311 g/mol. The van der Waals surface area contributed by atoms with Gasteiger partial charge in [0.1, 0.15) is 12.2 Å². The number of aliphatic hydroxyl groups is 1. The molecule has 8 nitrogen and oxygen atoms in total. The maximum absolute atomic E-state index is 12.1. The van der Waals surface area contributed by atoms with Gasteiger partial charge in [0, 0.05) is 19.3 Å². The number of aliphatic hydroxyl groups excluding tert-OH is 1. The van der Waals surface area contributed by atoms with Gasteiger partial charge in [0.15, 0.2) is 0 Å². The molecular weight excluding hydrogens is 290 g/mol. The molecule has 1 rings (SSSR count). The van der Waals surface area contributed by atoms with E-state index in [1.807, 2.05) is 0 Å². The Bertz CT molecular complexity index is 570. The molecule has 1 atom stereocenters. The number of hydrogen-bond donors (Lipinski definition) is 3. The third-order valence-electron chi connectivity index (χ3n) is 2.80. The van der Waals surface area contributed by atoms with Crippen molar-refractivity contribution in [3.63, 3.8) is 0 Å². The Morgan fingerprint density at radius 2 is 2.18 bits per heavy atom. The lowest BCUT2D eigenvalue weighted by molar-refractivity contribution is -0.143. The van der Waals surface area contributed by atoms with Gasteiger partial charge in [-0.1, -0.05) is 6.92 Å². The first kappa shape index (κ1) is 17.7. The molecule has 8 heteroatoms. The highest BCUT2D eigenvalue weighted by Crippen LogP contribution is 1.99. The van der Waals surface area contributed by atoms with Crippen LogP contribution in [0.1, 0.15) is 13.8 Å². The maximum Gasteiger partial charge on any atom is 0.326 e. The molecule has 0 aromatic carbocycles. The van der Waals surface area contributed by atoms with Crippen LogP contribution in [0.4, 0.5) is 10.5 Å². The van der Waals surface area contributed by atoms with Crippen LogP contribution in [-0.4, -0.2) is 41.4 Å². The number of nitrogens with zero attached hydrogens (tertiary/aromatic N) is 1. The number of carbonyl (C=O) groups excluding carboxylic acids is 2. The molecule has 0 aliphatic heterocycles. The number of urea groups is 1. The van der Waals surface area contributed by atoms with E-state index in [1.165, 1.54) is 12.3 Å². The lowest BCUT2D eigenvalue weighted by Crippen LogP contribution is -2.36. The Hall–Kier alpha value is -2.35. The van der Waals surface area contributed by atoms with Crippen molar-refractivity contribution in [1.82, 2.24) is 9.88 Å². The van der Waals surface area contributed by atoms with Crippen molar-refractivity contribution >= 4 is 17.7 Å². The lowest BCUT2D eigenvalue weighted by Gasteiger charge is -2.11. The van der Waals surface area contributed by atoms with Gasteiger partial charge in [-0.05, 0) is 25.0 Å². The first-order valence-electron chi connectivity index (χ1n) is 6.98. The largest absolute Gasteiger partial charge is 0.465 e. The highest BCUT2D eigenvalue weighted by Gasteiger charge is 2.10. The minimum Gasteiger partial charge on any atom is -0.465 e. The fraction of sp³-hybridized carbons (Fsp3) is 0.500. The summed E-state index contributed by atoms with van der Waals surface area (Å²) < 4.78 is 5.93. The topological polar surface area (TPSA) is 110 Å². The SMILES string of the molecule is CCOC(=O)Cn1cccc(NC(=O)NCC(C)CO)c1=O. The van der Waals surface area contributed by atoms with Gasteiger partial charge in [0.25, 0.3) is 5.56 Å². The molecule has 0 bridgehead atoms. The molecule has 0 saturated carbocycles. The predicted octanol–water partition coefficient (Wildman–Crippen LogP) is 0.161. The van der Waals surface area contributed by atoms with Gasteiger partial charge in [0.05, 0.1) is 6.61 Å². The molecule has 0 fully saturated rings. The van der Waals surface area contributed by atoms with Crippen LogP contribution in [0.2, 0.25) is 0 Å². The van der Waals surface area contributed by atoms with Crippen LogP contribution in [0.25, 0.3) is 0 Å². The third kappa shape index (κ3) is 5.57. The van der Waals surface area contributed by atoms with E-state index >= 15 is 0 Å². The van der Waals surface area contributed by atoms with Gasteiger partial charge >= 0.3 is 12.0 Å². The van der Waals surface area contributed by atoms with Crippen molar-refractivity contribution in [3.05, 3.63) is 28.7 Å². The Balaban J connectivity index is 2.70. The van der Waals surface area contributed by atoms with E-state index in [4.69, 9.17) is 9.84 Å². The van der Waals surface area contributed by atoms with Gasteiger partial charge in [-0.15, -0.1) is 0 Å². The summed E-state index contributed by atoms with van der Waals surface area (Å²) in [6, 6.07) is 2.44. The van der Waals surface area contributed by atoms with Crippen LogP contribution >= 0.6 is 0 Å². The van der Waals surface area contributed by atoms with Crippen molar-refractivity contribution < 1.29 is 19.4 Å². The van der Waals surface area contributed by atoms with Gasteiger partial charge in [-0.2, -0.15) is 0 Å². The molecule has 1 aromatic rings. The summed E-state index contributed by atoms with van der Waals surface area (Å²) in [4.78, 5) is 35.2. The number of anilines is 1. The van der Waals surface area contributed by atoms with Crippen LogP contribution in [0.15, 0.2) is 23.1 Å². The zero-order chi connectivity index (χ0) is 16.5. The quantitative estimate of drug-likeness (QED) is 0.621. The molecule has 3 N–H and O–H groups in total. The number of esters is 1. The lowest BCUT2D eigenvalue weighted by atomic mass is 10.2. The van der Waals surface area contributed by atoms with E-state index in [-0.39, 0.29) is 37.9 Å². The molecule has 122 valence electrons. The van der Waals surface area contributed by atoms with Crippen LogP contribution in [0.3, 0.4) is 0 Å². The molecule has 0 aliphatic carbocycles. The zero-order valence-corrected chi connectivity index (χ0v) is 12.7. The summed E-state index contributed by atoms with van der Waals surface area (Å²) in [7, 11) is 0. The number of carbonyl (C=O) groups is 2. The summed E-state index contributed by atoms with van der Waals surface area (Å²) in [6.45, 7) is 3.71. The average Bonchev–Trinajstić information content (AvgIpc) is 2.49. The summed E-state index contributed by atoms with van der Waals surface area (Å²) in [5.74, 6) is -0.607. The highest BCUT2D eigenvalue weighted by atomic mass is 16.5. The van der Waals surface area contributed by atoms with E-state index in [1.54, 1.807) is 19.9 Å². The third-order valence-corrected chi connectivity index (χ3v) is 2.80. The standard InChI is InChI=1S/C14H21N3O5/c1-3-22-12(19)8-17-6-4-5-11(13(17)20)16-14(21)15-7-10(2)9-18/h4-6,10,18H,3,7-9H2,1-2H3,(H2,15,16,21). The number of hydrogen-bond acceptors (Lipinski definition) is 5. The molecule has 1 unspecified atom stereocenters. The van der Waals surface area contributed by atoms with Gasteiger partial charge in [0.2, 0.25) is 0 Å². The molecule has 0 radical (unpaired) electrons. The second-order valence-electron chi connectivity index (χ2n) is 4.78. The minimum atomic E-state index is -0.550. The first-order valence-corrected chi connectivity index (χ1v) is 6.98. The summed E-state index contributed by atoms with van der Waals surface area (Å²) in [5, 5.41) is 13.8. The summed E-state index contributed by atoms with van der Waals surface area (Å²) in [5.41, 5.74) is -0.443. The fourth-order valence-electron chi connectivity index (χ4n) is 1.60.